The fraction of sp³-hybridized carbons (Fsp3) is 0.273. The van der Waals surface area contributed by atoms with Crippen molar-refractivity contribution < 1.29 is 14.6 Å². The zero-order valence-corrected chi connectivity index (χ0v) is 8.86. The Kier molecular flexibility index (Phi) is 2.76. The van der Waals surface area contributed by atoms with Gasteiger partial charge in [0.15, 0.2) is 0 Å². The molecule has 5 nitrogen and oxygen atoms in total. The van der Waals surface area contributed by atoms with Crippen LogP contribution in [0.2, 0.25) is 0 Å². The van der Waals surface area contributed by atoms with E-state index < -0.39 is 5.97 Å². The van der Waals surface area contributed by atoms with Crippen LogP contribution in [-0.4, -0.2) is 28.2 Å². The van der Waals surface area contributed by atoms with E-state index in [1.165, 1.54) is 0 Å². The summed E-state index contributed by atoms with van der Waals surface area (Å²) in [5.41, 5.74) is 1.60. The SMILES string of the molecule is COc1cccc2[nH]c(CCC(=O)O)nc12. The largest absolute Gasteiger partial charge is 0.494 e. The van der Waals surface area contributed by atoms with Crippen LogP contribution in [0.1, 0.15) is 12.2 Å². The van der Waals surface area contributed by atoms with E-state index in [9.17, 15) is 4.79 Å². The van der Waals surface area contributed by atoms with Gasteiger partial charge in [-0.1, -0.05) is 6.07 Å². The van der Waals surface area contributed by atoms with Crippen LogP contribution in [-0.2, 0) is 11.2 Å². The first kappa shape index (κ1) is 10.5. The number of carboxylic acids is 1. The van der Waals surface area contributed by atoms with Crippen LogP contribution in [0.5, 0.6) is 5.75 Å². The van der Waals surface area contributed by atoms with Crippen molar-refractivity contribution in [2.75, 3.05) is 7.11 Å². The summed E-state index contributed by atoms with van der Waals surface area (Å²) in [5, 5.41) is 8.58. The Morgan fingerprint density at radius 1 is 1.56 bits per heavy atom. The summed E-state index contributed by atoms with van der Waals surface area (Å²) < 4.78 is 5.17. The molecule has 1 heterocycles. The van der Waals surface area contributed by atoms with Crippen LogP contribution in [0, 0.1) is 0 Å². The van der Waals surface area contributed by atoms with Crippen molar-refractivity contribution in [2.45, 2.75) is 12.8 Å². The number of hydrogen-bond donors (Lipinski definition) is 2. The Balaban J connectivity index is 2.32. The molecule has 0 fully saturated rings. The van der Waals surface area contributed by atoms with E-state index in [0.29, 0.717) is 18.0 Å². The van der Waals surface area contributed by atoms with Crippen LogP contribution < -0.4 is 4.74 Å². The summed E-state index contributed by atoms with van der Waals surface area (Å²) in [6.07, 6.45) is 0.468. The molecule has 1 aromatic heterocycles. The molecule has 1 aromatic carbocycles. The minimum Gasteiger partial charge on any atom is -0.494 e. The predicted octanol–water partition coefficient (Wildman–Crippen LogP) is 1.59. The second-order valence-electron chi connectivity index (χ2n) is 3.43. The lowest BCUT2D eigenvalue weighted by atomic mass is 10.3. The van der Waals surface area contributed by atoms with Gasteiger partial charge in [0.2, 0.25) is 0 Å². The molecule has 0 saturated carbocycles. The number of hydrogen-bond acceptors (Lipinski definition) is 3. The molecule has 0 amide bonds. The number of rotatable bonds is 4. The van der Waals surface area contributed by atoms with Gasteiger partial charge in [0, 0.05) is 6.42 Å². The second kappa shape index (κ2) is 4.22. The number of nitrogens with zero attached hydrogens (tertiary/aromatic N) is 1. The number of aliphatic carboxylic acids is 1. The van der Waals surface area contributed by atoms with Crippen molar-refractivity contribution in [3.8, 4) is 5.75 Å². The van der Waals surface area contributed by atoms with E-state index in [1.807, 2.05) is 18.2 Å². The number of carbonyl (C=O) groups is 1. The van der Waals surface area contributed by atoms with Crippen molar-refractivity contribution in [1.29, 1.82) is 0 Å². The molecule has 0 saturated heterocycles. The number of aromatic nitrogens is 2. The first-order valence-electron chi connectivity index (χ1n) is 4.94. The average Bonchev–Trinajstić information content (AvgIpc) is 2.68. The Labute approximate surface area is 92.1 Å². The topological polar surface area (TPSA) is 75.2 Å². The van der Waals surface area contributed by atoms with E-state index in [2.05, 4.69) is 9.97 Å². The number of aromatic amines is 1. The van der Waals surface area contributed by atoms with E-state index >= 15 is 0 Å². The molecule has 2 N–H and O–H groups in total. The third-order valence-electron chi connectivity index (χ3n) is 2.32. The number of carboxylic acid groups (broad SMARTS) is 1. The maximum atomic E-state index is 10.4. The number of methoxy groups -OCH3 is 1. The van der Waals surface area contributed by atoms with Gasteiger partial charge < -0.3 is 14.8 Å². The number of nitrogens with one attached hydrogen (secondary N) is 1. The van der Waals surface area contributed by atoms with Crippen LogP contribution >= 0.6 is 0 Å². The second-order valence-corrected chi connectivity index (χ2v) is 3.43. The lowest BCUT2D eigenvalue weighted by Gasteiger charge is -1.97. The van der Waals surface area contributed by atoms with Gasteiger partial charge in [0.25, 0.3) is 0 Å². The maximum Gasteiger partial charge on any atom is 0.303 e. The number of imidazole rings is 1. The highest BCUT2D eigenvalue weighted by Crippen LogP contribution is 2.23. The number of fused-ring (bicyclic) bond motifs is 1. The fourth-order valence-electron chi connectivity index (χ4n) is 1.57. The van der Waals surface area contributed by atoms with Crippen molar-refractivity contribution in [3.63, 3.8) is 0 Å². The lowest BCUT2D eigenvalue weighted by molar-refractivity contribution is -0.137. The molecule has 16 heavy (non-hydrogen) atoms. The Morgan fingerprint density at radius 2 is 2.38 bits per heavy atom. The lowest BCUT2D eigenvalue weighted by Crippen LogP contribution is -1.98. The van der Waals surface area contributed by atoms with Gasteiger partial charge in [-0.2, -0.15) is 0 Å². The molecule has 84 valence electrons. The monoisotopic (exact) mass is 220 g/mol. The highest BCUT2D eigenvalue weighted by molar-refractivity contribution is 5.81. The zero-order valence-electron chi connectivity index (χ0n) is 8.86. The minimum atomic E-state index is -0.826. The smallest absolute Gasteiger partial charge is 0.303 e. The molecule has 0 spiro atoms. The van der Waals surface area contributed by atoms with E-state index in [1.54, 1.807) is 7.11 Å². The van der Waals surface area contributed by atoms with Crippen LogP contribution in [0.25, 0.3) is 11.0 Å². The molecule has 5 heteroatoms. The van der Waals surface area contributed by atoms with Gasteiger partial charge in [-0.25, -0.2) is 4.98 Å². The molecule has 0 aliphatic carbocycles. The Bertz CT molecular complexity index is 519. The number of ether oxygens (including phenoxy) is 1. The van der Waals surface area contributed by atoms with Crippen LogP contribution in [0.4, 0.5) is 0 Å². The third-order valence-corrected chi connectivity index (χ3v) is 2.32. The summed E-state index contributed by atoms with van der Waals surface area (Å²) in [4.78, 5) is 17.8. The van der Waals surface area contributed by atoms with Gasteiger partial charge in [-0.05, 0) is 12.1 Å². The molecule has 0 bridgehead atoms. The molecule has 0 unspecified atom stereocenters. The molecular formula is C11H12N2O3. The summed E-state index contributed by atoms with van der Waals surface area (Å²) in [6, 6.07) is 5.57. The summed E-state index contributed by atoms with van der Waals surface area (Å²) in [7, 11) is 1.58. The quantitative estimate of drug-likeness (QED) is 0.820. The van der Waals surface area contributed by atoms with Gasteiger partial charge in [-0.3, -0.25) is 4.79 Å². The standard InChI is InChI=1S/C11H12N2O3/c1-16-8-4-2-3-7-11(8)13-9(12-7)5-6-10(14)15/h2-4H,5-6H2,1H3,(H,12,13)(H,14,15). The highest BCUT2D eigenvalue weighted by atomic mass is 16.5. The molecular weight excluding hydrogens is 208 g/mol. The fourth-order valence-corrected chi connectivity index (χ4v) is 1.57. The zero-order chi connectivity index (χ0) is 11.5. The van der Waals surface area contributed by atoms with Gasteiger partial charge in [0.05, 0.1) is 19.0 Å². The molecule has 2 aromatic rings. The molecule has 0 aliphatic rings. The van der Waals surface area contributed by atoms with Crippen molar-refractivity contribution >= 4 is 17.0 Å². The van der Waals surface area contributed by atoms with Crippen molar-refractivity contribution in [3.05, 3.63) is 24.0 Å². The number of benzene rings is 1. The highest BCUT2D eigenvalue weighted by Gasteiger charge is 2.08. The molecule has 0 radical (unpaired) electrons. The normalized spacial score (nSPS) is 10.6. The van der Waals surface area contributed by atoms with Crippen molar-refractivity contribution in [1.82, 2.24) is 9.97 Å². The third kappa shape index (κ3) is 1.98. The number of H-pyrrole nitrogens is 1. The van der Waals surface area contributed by atoms with E-state index in [0.717, 1.165) is 11.0 Å². The molecule has 2 rings (SSSR count). The van der Waals surface area contributed by atoms with Crippen LogP contribution in [0.3, 0.4) is 0 Å². The van der Waals surface area contributed by atoms with Crippen LogP contribution in [0.15, 0.2) is 18.2 Å². The van der Waals surface area contributed by atoms with E-state index in [-0.39, 0.29) is 6.42 Å². The summed E-state index contributed by atoms with van der Waals surface area (Å²) >= 11 is 0. The average molecular weight is 220 g/mol. The van der Waals surface area contributed by atoms with Crippen molar-refractivity contribution in [2.24, 2.45) is 0 Å². The maximum absolute atomic E-state index is 10.4. The molecule has 0 aliphatic heterocycles. The van der Waals surface area contributed by atoms with E-state index in [4.69, 9.17) is 9.84 Å². The summed E-state index contributed by atoms with van der Waals surface area (Å²) in [6.45, 7) is 0. The van der Waals surface area contributed by atoms with Gasteiger partial charge >= 0.3 is 5.97 Å². The van der Waals surface area contributed by atoms with Gasteiger partial charge in [-0.15, -0.1) is 0 Å². The minimum absolute atomic E-state index is 0.0716. The predicted molar refractivity (Wildman–Crippen MR) is 58.6 cm³/mol. The summed E-state index contributed by atoms with van der Waals surface area (Å²) in [5.74, 6) is 0.532. The van der Waals surface area contributed by atoms with Gasteiger partial charge in [0.1, 0.15) is 17.1 Å². The Morgan fingerprint density at radius 3 is 3.06 bits per heavy atom. The first-order chi connectivity index (χ1) is 7.70. The molecule has 0 atom stereocenters. The first-order valence-corrected chi connectivity index (χ1v) is 4.94. The number of aryl methyl sites for hydroxylation is 1. The number of para-hydroxylation sites is 1. The Hall–Kier alpha value is -2.04.